The zero-order valence-corrected chi connectivity index (χ0v) is 19.2. The van der Waals surface area contributed by atoms with Crippen LogP contribution in [0.15, 0.2) is 36.8 Å². The maximum absolute atomic E-state index is 15.0. The number of hydrogen-bond acceptors (Lipinski definition) is 7. The maximum atomic E-state index is 15.0. The fraction of sp³-hybridized carbons (Fsp3) is 0.381. The van der Waals surface area contributed by atoms with Gasteiger partial charge < -0.3 is 19.9 Å². The lowest BCUT2D eigenvalue weighted by Gasteiger charge is -2.37. The van der Waals surface area contributed by atoms with Crippen LogP contribution in [0.5, 0.6) is 0 Å². The molecule has 32 heavy (non-hydrogen) atoms. The number of amides is 1. The Bertz CT molecular complexity index is 1020. The molecule has 0 unspecified atom stereocenters. The van der Waals surface area contributed by atoms with Gasteiger partial charge in [-0.15, -0.1) is 0 Å². The largest absolute Gasteiger partial charge is 0.442 e. The average Bonchev–Trinajstić information content (AvgIpc) is 3.18. The van der Waals surface area contributed by atoms with Crippen molar-refractivity contribution in [2.45, 2.75) is 13.0 Å². The minimum absolute atomic E-state index is 0.339. The number of carbonyl (C=O) groups is 1. The van der Waals surface area contributed by atoms with Crippen molar-refractivity contribution < 1.29 is 13.9 Å². The molecule has 3 heterocycles. The van der Waals surface area contributed by atoms with Crippen LogP contribution >= 0.6 is 24.4 Å². The van der Waals surface area contributed by atoms with E-state index < -0.39 is 6.09 Å². The van der Waals surface area contributed by atoms with Crippen LogP contribution in [0.1, 0.15) is 12.6 Å². The van der Waals surface area contributed by atoms with Gasteiger partial charge in [-0.2, -0.15) is 0 Å². The second-order valence-corrected chi connectivity index (χ2v) is 8.56. The van der Waals surface area contributed by atoms with Crippen molar-refractivity contribution in [2.24, 2.45) is 0 Å². The Morgan fingerprint density at radius 3 is 2.69 bits per heavy atom. The highest BCUT2D eigenvalue weighted by molar-refractivity contribution is 7.80. The van der Waals surface area contributed by atoms with E-state index >= 15 is 0 Å². The van der Waals surface area contributed by atoms with Gasteiger partial charge in [-0.3, -0.25) is 14.9 Å². The standard InChI is InChI=1S/C21H23FN6O2S2/c1-14(31)25-11-16-13-28(21(29)30-16)15-2-3-19(17(22)10-15)26-6-8-27(9-7-26)20(32)18-12-23-4-5-24-18/h2-5,10,12,16H,6-9,11,13H2,1H3,(H,25,31)/t16-/m0/s1. The summed E-state index contributed by atoms with van der Waals surface area (Å²) >= 11 is 10.5. The molecule has 1 N–H and O–H groups in total. The molecule has 1 amide bonds. The van der Waals surface area contributed by atoms with Gasteiger partial charge in [0, 0.05) is 38.6 Å². The summed E-state index contributed by atoms with van der Waals surface area (Å²) in [6.45, 7) is 5.08. The van der Waals surface area contributed by atoms with E-state index in [-0.39, 0.29) is 11.9 Å². The fourth-order valence-electron chi connectivity index (χ4n) is 3.74. The number of nitrogens with one attached hydrogen (secondary N) is 1. The predicted molar refractivity (Wildman–Crippen MR) is 128 cm³/mol. The summed E-state index contributed by atoms with van der Waals surface area (Å²) < 4.78 is 20.3. The smallest absolute Gasteiger partial charge is 0.414 e. The molecular formula is C21H23FN6O2S2. The highest BCUT2D eigenvalue weighted by Crippen LogP contribution is 2.28. The van der Waals surface area contributed by atoms with E-state index in [1.807, 2.05) is 4.90 Å². The highest BCUT2D eigenvalue weighted by atomic mass is 32.1. The lowest BCUT2D eigenvalue weighted by molar-refractivity contribution is 0.143. The lowest BCUT2D eigenvalue weighted by Crippen LogP contribution is -2.49. The molecule has 1 aromatic heterocycles. The van der Waals surface area contributed by atoms with Crippen LogP contribution in [0.25, 0.3) is 0 Å². The monoisotopic (exact) mass is 474 g/mol. The molecule has 8 nitrogen and oxygen atoms in total. The van der Waals surface area contributed by atoms with Gasteiger partial charge in [-0.1, -0.05) is 24.4 Å². The number of carbonyl (C=O) groups excluding carboxylic acids is 1. The van der Waals surface area contributed by atoms with Crippen molar-refractivity contribution >= 4 is 51.9 Å². The fourth-order valence-corrected chi connectivity index (χ4v) is 4.11. The van der Waals surface area contributed by atoms with Crippen LogP contribution in [-0.2, 0) is 4.74 Å². The van der Waals surface area contributed by atoms with Crippen molar-refractivity contribution in [3.63, 3.8) is 0 Å². The van der Waals surface area contributed by atoms with Crippen molar-refractivity contribution in [1.82, 2.24) is 20.2 Å². The number of rotatable bonds is 5. The lowest BCUT2D eigenvalue weighted by atomic mass is 10.2. The number of nitrogens with zero attached hydrogens (tertiary/aromatic N) is 5. The molecule has 1 atom stereocenters. The van der Waals surface area contributed by atoms with Gasteiger partial charge in [0.05, 0.1) is 35.6 Å². The summed E-state index contributed by atoms with van der Waals surface area (Å²) in [6.07, 6.45) is 4.04. The van der Waals surface area contributed by atoms with Gasteiger partial charge >= 0.3 is 6.09 Å². The molecule has 2 aliphatic heterocycles. The molecular weight excluding hydrogens is 451 g/mol. The van der Waals surface area contributed by atoms with Crippen molar-refractivity contribution in [1.29, 1.82) is 0 Å². The first kappa shape index (κ1) is 22.3. The summed E-state index contributed by atoms with van der Waals surface area (Å²) in [5.74, 6) is -0.378. The number of benzene rings is 1. The van der Waals surface area contributed by atoms with Crippen LogP contribution in [-0.4, -0.2) is 76.3 Å². The Kier molecular flexibility index (Phi) is 6.75. The molecule has 2 aliphatic rings. The van der Waals surface area contributed by atoms with Gasteiger partial charge in [-0.25, -0.2) is 9.18 Å². The van der Waals surface area contributed by atoms with Crippen molar-refractivity contribution in [3.8, 4) is 0 Å². The third-order valence-electron chi connectivity index (χ3n) is 5.39. The first-order valence-corrected chi connectivity index (χ1v) is 11.1. The number of piperazine rings is 1. The zero-order chi connectivity index (χ0) is 22.7. The predicted octanol–water partition coefficient (Wildman–Crippen LogP) is 2.38. The van der Waals surface area contributed by atoms with Crippen molar-refractivity contribution in [3.05, 3.63) is 48.3 Å². The minimum atomic E-state index is -0.489. The van der Waals surface area contributed by atoms with Crippen molar-refractivity contribution in [2.75, 3.05) is 49.1 Å². The number of ether oxygens (including phenoxy) is 1. The number of hydrogen-bond donors (Lipinski definition) is 1. The van der Waals surface area contributed by atoms with Crippen LogP contribution in [0.3, 0.4) is 0 Å². The molecule has 0 spiro atoms. The molecule has 2 fully saturated rings. The SMILES string of the molecule is CC(=S)NC[C@H]1CN(c2ccc(N3CCN(C(=S)c4cnccn4)CC3)c(F)c2)C(=O)O1. The van der Waals surface area contributed by atoms with Gasteiger partial charge in [-0.05, 0) is 25.1 Å². The second-order valence-electron chi connectivity index (χ2n) is 7.56. The Morgan fingerprint density at radius 1 is 1.25 bits per heavy atom. The average molecular weight is 475 g/mol. The summed E-state index contributed by atoms with van der Waals surface area (Å²) in [7, 11) is 0. The zero-order valence-electron chi connectivity index (χ0n) is 17.5. The van der Waals surface area contributed by atoms with Crippen LogP contribution in [0.4, 0.5) is 20.6 Å². The quantitative estimate of drug-likeness (QED) is 0.658. The number of thiocarbonyl (C=S) groups is 2. The van der Waals surface area contributed by atoms with Gasteiger partial charge in [0.2, 0.25) is 0 Å². The Balaban J connectivity index is 1.37. The van der Waals surface area contributed by atoms with E-state index in [1.165, 1.54) is 11.0 Å². The summed E-state index contributed by atoms with van der Waals surface area (Å²) in [4.78, 5) is 27.3. The van der Waals surface area contributed by atoms with Crippen LogP contribution < -0.4 is 15.1 Å². The van der Waals surface area contributed by atoms with Gasteiger partial charge in [0.1, 0.15) is 22.6 Å². The Morgan fingerprint density at radius 2 is 2.03 bits per heavy atom. The normalized spacial score (nSPS) is 18.5. The third kappa shape index (κ3) is 4.94. The Hall–Kier alpha value is -2.92. The number of anilines is 2. The number of cyclic esters (lactones) is 1. The third-order valence-corrected chi connectivity index (χ3v) is 6.00. The Labute approximate surface area is 196 Å². The van der Waals surface area contributed by atoms with E-state index in [1.54, 1.807) is 37.6 Å². The molecule has 2 aromatic rings. The molecule has 0 aliphatic carbocycles. The van der Waals surface area contributed by atoms with Crippen LogP contribution in [0, 0.1) is 5.82 Å². The molecule has 0 saturated carbocycles. The minimum Gasteiger partial charge on any atom is -0.442 e. The van der Waals surface area contributed by atoms with E-state index in [0.717, 1.165) is 0 Å². The second kappa shape index (κ2) is 9.70. The molecule has 168 valence electrons. The van der Waals surface area contributed by atoms with Crippen LogP contribution in [0.2, 0.25) is 0 Å². The molecule has 4 rings (SSSR count). The summed E-state index contributed by atoms with van der Waals surface area (Å²) in [6, 6.07) is 4.84. The first-order chi connectivity index (χ1) is 15.4. The summed E-state index contributed by atoms with van der Waals surface area (Å²) in [5.41, 5.74) is 1.64. The van der Waals surface area contributed by atoms with E-state index in [0.29, 0.717) is 66.3 Å². The maximum Gasteiger partial charge on any atom is 0.414 e. The molecule has 0 radical (unpaired) electrons. The summed E-state index contributed by atoms with van der Waals surface area (Å²) in [5, 5.41) is 2.99. The number of aromatic nitrogens is 2. The number of halogens is 1. The first-order valence-electron chi connectivity index (χ1n) is 10.2. The van der Waals surface area contributed by atoms with E-state index in [9.17, 15) is 9.18 Å². The van der Waals surface area contributed by atoms with E-state index in [2.05, 4.69) is 20.2 Å². The molecule has 2 saturated heterocycles. The van der Waals surface area contributed by atoms with Gasteiger partial charge in [0.15, 0.2) is 0 Å². The molecule has 0 bridgehead atoms. The highest BCUT2D eigenvalue weighted by Gasteiger charge is 2.33. The molecule has 1 aromatic carbocycles. The molecule has 11 heteroatoms. The van der Waals surface area contributed by atoms with E-state index in [4.69, 9.17) is 29.2 Å². The van der Waals surface area contributed by atoms with Gasteiger partial charge in [0.25, 0.3) is 0 Å². The topological polar surface area (TPSA) is 73.8 Å².